The van der Waals surface area contributed by atoms with Gasteiger partial charge in [-0.05, 0) is 62.7 Å². The van der Waals surface area contributed by atoms with Gasteiger partial charge in [0, 0.05) is 42.6 Å². The summed E-state index contributed by atoms with van der Waals surface area (Å²) in [5.41, 5.74) is -3.88. The van der Waals surface area contributed by atoms with Crippen LogP contribution in [0.2, 0.25) is 0 Å². The number of pyridine rings is 1. The number of benzene rings is 2. The minimum absolute atomic E-state index is 0.00255. The molecule has 5 aliphatic rings. The molecule has 5 aromatic rings. The van der Waals surface area contributed by atoms with E-state index in [1.54, 1.807) is 4.90 Å². The van der Waals surface area contributed by atoms with E-state index < -0.39 is 45.8 Å². The number of carbonyl (C=O) groups is 1. The Hall–Kier alpha value is -5.80. The van der Waals surface area contributed by atoms with E-state index in [1.165, 1.54) is 30.5 Å². The number of anilines is 1. The van der Waals surface area contributed by atoms with Crippen molar-refractivity contribution in [2.45, 2.75) is 81.5 Å². The maximum atomic E-state index is 17.4. The number of morpholine rings is 1. The molecule has 2 spiro atoms. The molecule has 1 saturated carbocycles. The summed E-state index contributed by atoms with van der Waals surface area (Å²) in [6, 6.07) is 3.91. The van der Waals surface area contributed by atoms with Crippen LogP contribution < -0.4 is 15.3 Å². The second kappa shape index (κ2) is 13.4. The summed E-state index contributed by atoms with van der Waals surface area (Å²) in [5, 5.41) is 17.4. The Morgan fingerprint density at radius 2 is 1.98 bits per heavy atom. The van der Waals surface area contributed by atoms with E-state index in [1.807, 2.05) is 18.7 Å². The van der Waals surface area contributed by atoms with E-state index in [-0.39, 0.29) is 108 Å². The topological polar surface area (TPSA) is 155 Å². The number of carbonyl (C=O) groups excluding carboxylic acids is 1. The Balaban J connectivity index is 1.08. The Labute approximate surface area is 340 Å². The first-order valence-corrected chi connectivity index (χ1v) is 20.1. The fraction of sp³-hybridized carbons (Fsp3) is 0.476. The number of fused-ring (bicyclic) bond motifs is 3. The molecule has 1 aliphatic carbocycles. The normalized spacial score (nSPS) is 28.3. The van der Waals surface area contributed by atoms with Crippen LogP contribution in [0.3, 0.4) is 0 Å². The highest BCUT2D eigenvalue weighted by Crippen LogP contribution is 2.69. The third-order valence-electron chi connectivity index (χ3n) is 13.6. The number of hydrogen-bond donors (Lipinski definition) is 2. The number of phenols is 1. The number of terminal acetylenes is 1. The van der Waals surface area contributed by atoms with Crippen LogP contribution in [0.4, 0.5) is 28.2 Å². The molecule has 18 heteroatoms. The van der Waals surface area contributed by atoms with Crippen LogP contribution in [0.1, 0.15) is 57.9 Å². The molecular weight excluding hydrogens is 787 g/mol. The highest BCUT2D eigenvalue weighted by molar-refractivity contribution is 6.03. The maximum absolute atomic E-state index is 17.4. The van der Waals surface area contributed by atoms with Crippen molar-refractivity contribution in [3.63, 3.8) is 0 Å². The molecule has 2 N–H and O–H groups in total. The number of phenolic OH excluding ortho intramolecular Hbond substituents is 1. The average molecular weight is 828 g/mol. The molecule has 3 unspecified atom stereocenters. The molecule has 2 aromatic carbocycles. The molecule has 0 radical (unpaired) electrons. The molecule has 3 aromatic heterocycles. The minimum Gasteiger partial charge on any atom is -0.508 e. The molecule has 0 bridgehead atoms. The molecule has 10 rings (SSSR count). The summed E-state index contributed by atoms with van der Waals surface area (Å²) in [6.07, 6.45) is 10.8. The van der Waals surface area contributed by atoms with Gasteiger partial charge in [-0.3, -0.25) is 9.88 Å². The van der Waals surface area contributed by atoms with E-state index in [9.17, 15) is 23.5 Å². The van der Waals surface area contributed by atoms with Crippen LogP contribution in [-0.4, -0.2) is 119 Å². The zero-order chi connectivity index (χ0) is 41.9. The number of rotatable bonds is 6. The van der Waals surface area contributed by atoms with E-state index in [4.69, 9.17) is 20.9 Å². The summed E-state index contributed by atoms with van der Waals surface area (Å²) >= 11 is 0. The van der Waals surface area contributed by atoms with Gasteiger partial charge in [-0.25, -0.2) is 36.8 Å². The summed E-state index contributed by atoms with van der Waals surface area (Å²) in [5.74, 6) is -1.97. The number of likely N-dealkylation sites (tertiary alicyclic amines) is 1. The predicted octanol–water partition coefficient (Wildman–Crippen LogP) is 5.45. The van der Waals surface area contributed by atoms with Gasteiger partial charge < -0.3 is 24.4 Å². The molecule has 14 nitrogen and oxygen atoms in total. The first-order chi connectivity index (χ1) is 28.7. The van der Waals surface area contributed by atoms with Crippen LogP contribution in [-0.2, 0) is 4.74 Å². The van der Waals surface area contributed by atoms with Crippen LogP contribution in [0.25, 0.3) is 32.9 Å². The maximum Gasteiger partial charge on any atom is 0.351 e. The predicted molar refractivity (Wildman–Crippen MR) is 210 cm³/mol. The molecule has 60 heavy (non-hydrogen) atoms. The van der Waals surface area contributed by atoms with Crippen molar-refractivity contribution in [1.29, 1.82) is 0 Å². The summed E-state index contributed by atoms with van der Waals surface area (Å²) in [4.78, 5) is 45.6. The van der Waals surface area contributed by atoms with E-state index in [0.717, 1.165) is 17.3 Å². The number of amides is 1. The zero-order valence-electron chi connectivity index (χ0n) is 32.9. The molecule has 5 fully saturated rings. The van der Waals surface area contributed by atoms with Crippen LogP contribution in [0, 0.1) is 29.4 Å². The molecule has 7 heterocycles. The van der Waals surface area contributed by atoms with Crippen molar-refractivity contribution in [2.75, 3.05) is 44.3 Å². The average Bonchev–Trinajstić information content (AvgIpc) is 3.78. The summed E-state index contributed by atoms with van der Waals surface area (Å²) in [6.45, 7) is 5.32. The van der Waals surface area contributed by atoms with Crippen LogP contribution in [0.15, 0.2) is 41.6 Å². The van der Waals surface area contributed by atoms with Crippen molar-refractivity contribution < 1.29 is 36.9 Å². The highest BCUT2D eigenvalue weighted by atomic mass is 19.3. The smallest absolute Gasteiger partial charge is 0.351 e. The van der Waals surface area contributed by atoms with Gasteiger partial charge in [0.15, 0.2) is 5.82 Å². The van der Waals surface area contributed by atoms with E-state index in [2.05, 4.69) is 31.0 Å². The summed E-state index contributed by atoms with van der Waals surface area (Å²) in [7, 11) is 0. The van der Waals surface area contributed by atoms with Gasteiger partial charge in [0.05, 0.1) is 47.6 Å². The van der Waals surface area contributed by atoms with Gasteiger partial charge in [-0.15, -0.1) is 6.42 Å². The molecular formula is C42H41F4N9O5. The first-order valence-electron chi connectivity index (χ1n) is 20.1. The van der Waals surface area contributed by atoms with Crippen molar-refractivity contribution >= 4 is 33.5 Å². The quantitative estimate of drug-likeness (QED) is 0.166. The van der Waals surface area contributed by atoms with Gasteiger partial charge in [-0.1, -0.05) is 18.9 Å². The number of nitrogens with one attached hydrogen (secondary N) is 1. The van der Waals surface area contributed by atoms with E-state index in [0.29, 0.717) is 31.2 Å². The largest absolute Gasteiger partial charge is 0.508 e. The fourth-order valence-corrected chi connectivity index (χ4v) is 10.5. The number of aromatic hydroxyl groups is 1. The number of aromatic nitrogens is 6. The minimum atomic E-state index is -2.74. The van der Waals surface area contributed by atoms with Gasteiger partial charge in [0.1, 0.15) is 47.1 Å². The lowest BCUT2D eigenvalue weighted by atomic mass is 9.89. The number of alkyl halides is 2. The number of nitrogens with zero attached hydrogens (tertiary/aromatic N) is 8. The SMILES string of the molecule is C#Cc1c(F)ccc2cc(O)cc(-c3ncc4c(N5CC6(CC(CC)N(C(=O)n7cn[nH]c7=O)C6)OCC5C)nc(OC[C@@]56CCCN5C[C@@]5(CC5(F)F)C6)nc4c3F)c12. The van der Waals surface area contributed by atoms with Gasteiger partial charge in [-0.2, -0.15) is 15.1 Å². The lowest BCUT2D eigenvalue weighted by Crippen LogP contribution is -2.57. The Morgan fingerprint density at radius 3 is 2.72 bits per heavy atom. The van der Waals surface area contributed by atoms with Crippen molar-refractivity contribution in [1.82, 2.24) is 39.5 Å². The highest BCUT2D eigenvalue weighted by Gasteiger charge is 2.77. The number of hydrogen-bond acceptors (Lipinski definition) is 11. The number of H-pyrrole nitrogens is 1. The number of halogens is 4. The number of aromatic amines is 1. The van der Waals surface area contributed by atoms with Gasteiger partial charge in [0.25, 0.3) is 5.92 Å². The second-order valence-corrected chi connectivity index (χ2v) is 17.2. The molecule has 4 aliphatic heterocycles. The number of ether oxygens (including phenoxy) is 2. The van der Waals surface area contributed by atoms with Crippen molar-refractivity contribution in [3.05, 3.63) is 64.5 Å². The lowest BCUT2D eigenvalue weighted by molar-refractivity contribution is -0.0591. The monoisotopic (exact) mass is 827 g/mol. The molecule has 312 valence electrons. The Morgan fingerprint density at radius 1 is 1.17 bits per heavy atom. The van der Waals surface area contributed by atoms with Gasteiger partial charge in [0.2, 0.25) is 0 Å². The third-order valence-corrected chi connectivity index (χ3v) is 13.6. The van der Waals surface area contributed by atoms with E-state index >= 15 is 8.78 Å². The summed E-state index contributed by atoms with van der Waals surface area (Å²) < 4.78 is 75.7. The Kier molecular flexibility index (Phi) is 8.55. The van der Waals surface area contributed by atoms with Crippen LogP contribution >= 0.6 is 0 Å². The first kappa shape index (κ1) is 38.4. The van der Waals surface area contributed by atoms with Crippen molar-refractivity contribution in [3.8, 4) is 35.4 Å². The third kappa shape index (κ3) is 5.75. The standard InChI is InChI=1S/C42H41F4N9O5/c1-4-25-13-41(20-54(25)38(58)55-22-48-51-37(55)57)19-53(23(3)15-60-41)35-29-14-47-33(28-12-26(56)11-24-7-8-30(43)27(5-2)31(24)28)32(44)34(29)49-36(50-35)59-21-40-9-6-10-52(40)18-39(16-40)17-42(39,45)46/h2,7-8,11-12,14,22-23,25,56H,4,6,9-10,13,15-21H2,1,3H3,(H,51,57)/t23?,25?,39-,40-,41?/m0/s1. The van der Waals surface area contributed by atoms with Crippen molar-refractivity contribution in [2.24, 2.45) is 5.41 Å². The molecule has 1 amide bonds. The fourth-order valence-electron chi connectivity index (χ4n) is 10.5. The second-order valence-electron chi connectivity index (χ2n) is 17.2. The Bertz CT molecular complexity index is 2720. The lowest BCUT2D eigenvalue weighted by Gasteiger charge is -2.45. The molecule has 5 atom stereocenters. The zero-order valence-corrected chi connectivity index (χ0v) is 32.9. The van der Waals surface area contributed by atoms with Crippen LogP contribution in [0.5, 0.6) is 11.8 Å². The molecule has 4 saturated heterocycles. The van der Waals surface area contributed by atoms with Gasteiger partial charge >= 0.3 is 17.7 Å².